The van der Waals surface area contributed by atoms with E-state index in [2.05, 4.69) is 53.5 Å². The molecule has 0 fully saturated rings. The number of para-hydroxylation sites is 1. The molecule has 0 bridgehead atoms. The molecule has 1 heterocycles. The predicted molar refractivity (Wildman–Crippen MR) is 87.3 cm³/mol. The van der Waals surface area contributed by atoms with E-state index in [0.29, 0.717) is 5.88 Å². The number of hydrogen-bond donors (Lipinski definition) is 0. The Morgan fingerprint density at radius 2 is 1.70 bits per heavy atom. The van der Waals surface area contributed by atoms with E-state index in [4.69, 9.17) is 11.6 Å². The van der Waals surface area contributed by atoms with Crippen LogP contribution < -0.4 is 0 Å². The Hall–Kier alpha value is -1.51. The third kappa shape index (κ3) is 3.14. The molecule has 2 aromatic carbocycles. The number of halogens is 1. The molecule has 0 amide bonds. The summed E-state index contributed by atoms with van der Waals surface area (Å²) in [6.45, 7) is 0. The van der Waals surface area contributed by atoms with Crippen LogP contribution in [-0.2, 0) is 11.6 Å². The predicted octanol–water partition coefficient (Wildman–Crippen LogP) is 5.27. The number of nitrogens with zero attached hydrogens (tertiary/aromatic N) is 1. The summed E-state index contributed by atoms with van der Waals surface area (Å²) in [6, 6.07) is 20.8. The lowest BCUT2D eigenvalue weighted by atomic mass is 10.2. The number of rotatable bonds is 4. The van der Waals surface area contributed by atoms with Crippen molar-refractivity contribution in [3.05, 3.63) is 71.9 Å². The standard InChI is InChI=1S/C17H14ClNS/c18-11-13-5-9-16(10-6-13)20-12-15-8-7-14-3-1-2-4-17(14)19-15/h1-10H,11-12H2. The first-order valence-corrected chi connectivity index (χ1v) is 7.99. The molecular formula is C17H14ClNS. The summed E-state index contributed by atoms with van der Waals surface area (Å²) in [5.41, 5.74) is 3.32. The lowest BCUT2D eigenvalue weighted by molar-refractivity contribution is 1.22. The Labute approximate surface area is 128 Å². The molecule has 0 spiro atoms. The molecule has 100 valence electrons. The van der Waals surface area contributed by atoms with Crippen LogP contribution >= 0.6 is 23.4 Å². The summed E-state index contributed by atoms with van der Waals surface area (Å²) in [4.78, 5) is 5.93. The zero-order valence-electron chi connectivity index (χ0n) is 10.9. The number of fused-ring (bicyclic) bond motifs is 1. The molecule has 0 aliphatic heterocycles. The Bertz CT molecular complexity index is 710. The third-order valence-electron chi connectivity index (χ3n) is 3.12. The lowest BCUT2D eigenvalue weighted by Gasteiger charge is -2.04. The second kappa shape index (κ2) is 6.29. The SMILES string of the molecule is ClCc1ccc(SCc2ccc3ccccc3n2)cc1. The largest absolute Gasteiger partial charge is 0.252 e. The fourth-order valence-electron chi connectivity index (χ4n) is 2.02. The monoisotopic (exact) mass is 299 g/mol. The molecule has 0 N–H and O–H groups in total. The van der Waals surface area contributed by atoms with E-state index < -0.39 is 0 Å². The van der Waals surface area contributed by atoms with Gasteiger partial charge in [-0.15, -0.1) is 23.4 Å². The van der Waals surface area contributed by atoms with Gasteiger partial charge in [0.25, 0.3) is 0 Å². The van der Waals surface area contributed by atoms with Crippen molar-refractivity contribution in [2.45, 2.75) is 16.5 Å². The third-order valence-corrected chi connectivity index (χ3v) is 4.47. The molecule has 1 aromatic heterocycles. The van der Waals surface area contributed by atoms with Crippen molar-refractivity contribution in [1.82, 2.24) is 4.98 Å². The number of hydrogen-bond acceptors (Lipinski definition) is 2. The molecule has 3 aromatic rings. The normalized spacial score (nSPS) is 10.8. The second-order valence-corrected chi connectivity index (χ2v) is 5.88. The van der Waals surface area contributed by atoms with Gasteiger partial charge in [-0.3, -0.25) is 4.98 Å². The van der Waals surface area contributed by atoms with Gasteiger partial charge in [-0.1, -0.05) is 36.4 Å². The minimum absolute atomic E-state index is 0.567. The summed E-state index contributed by atoms with van der Waals surface area (Å²) in [7, 11) is 0. The Morgan fingerprint density at radius 1 is 0.900 bits per heavy atom. The van der Waals surface area contributed by atoms with Crippen LogP contribution in [-0.4, -0.2) is 4.98 Å². The van der Waals surface area contributed by atoms with E-state index in [1.165, 1.54) is 10.3 Å². The molecule has 0 atom stereocenters. The Morgan fingerprint density at radius 3 is 2.50 bits per heavy atom. The molecule has 20 heavy (non-hydrogen) atoms. The van der Waals surface area contributed by atoms with Gasteiger partial charge in [-0.25, -0.2) is 0 Å². The first-order chi connectivity index (χ1) is 9.85. The highest BCUT2D eigenvalue weighted by Gasteiger charge is 2.00. The first kappa shape index (κ1) is 13.5. The van der Waals surface area contributed by atoms with Crippen molar-refractivity contribution >= 4 is 34.3 Å². The Balaban J connectivity index is 1.72. The van der Waals surface area contributed by atoms with Gasteiger partial charge in [0, 0.05) is 21.9 Å². The van der Waals surface area contributed by atoms with Gasteiger partial charge in [-0.05, 0) is 29.8 Å². The molecule has 0 aliphatic rings. The van der Waals surface area contributed by atoms with Gasteiger partial charge in [0.15, 0.2) is 0 Å². The smallest absolute Gasteiger partial charge is 0.0705 e. The lowest BCUT2D eigenvalue weighted by Crippen LogP contribution is -1.88. The summed E-state index contributed by atoms with van der Waals surface area (Å²) >= 11 is 7.59. The minimum Gasteiger partial charge on any atom is -0.252 e. The fourth-order valence-corrected chi connectivity index (χ4v) is 3.00. The number of aromatic nitrogens is 1. The second-order valence-electron chi connectivity index (χ2n) is 4.56. The topological polar surface area (TPSA) is 12.9 Å². The van der Waals surface area contributed by atoms with Gasteiger partial charge >= 0.3 is 0 Å². The number of alkyl halides is 1. The maximum absolute atomic E-state index is 5.79. The highest BCUT2D eigenvalue weighted by molar-refractivity contribution is 7.98. The molecule has 0 unspecified atom stereocenters. The van der Waals surface area contributed by atoms with E-state index >= 15 is 0 Å². The zero-order valence-corrected chi connectivity index (χ0v) is 12.5. The number of thioether (sulfide) groups is 1. The fraction of sp³-hybridized carbons (Fsp3) is 0.118. The van der Waals surface area contributed by atoms with E-state index in [-0.39, 0.29) is 0 Å². The quantitative estimate of drug-likeness (QED) is 0.481. The molecule has 0 saturated heterocycles. The van der Waals surface area contributed by atoms with E-state index in [1.54, 1.807) is 11.8 Å². The van der Waals surface area contributed by atoms with Crippen molar-refractivity contribution in [3.63, 3.8) is 0 Å². The molecule has 3 heteroatoms. The van der Waals surface area contributed by atoms with Gasteiger partial charge in [0.1, 0.15) is 0 Å². The summed E-state index contributed by atoms with van der Waals surface area (Å²) < 4.78 is 0. The average molecular weight is 300 g/mol. The van der Waals surface area contributed by atoms with Gasteiger partial charge < -0.3 is 0 Å². The average Bonchev–Trinajstić information content (AvgIpc) is 2.53. The van der Waals surface area contributed by atoms with Crippen molar-refractivity contribution in [2.75, 3.05) is 0 Å². The maximum atomic E-state index is 5.79. The van der Waals surface area contributed by atoms with Gasteiger partial charge in [0.2, 0.25) is 0 Å². The van der Waals surface area contributed by atoms with Crippen LogP contribution in [0.25, 0.3) is 10.9 Å². The number of pyridine rings is 1. The highest BCUT2D eigenvalue weighted by atomic mass is 35.5. The van der Waals surface area contributed by atoms with Gasteiger partial charge in [0.05, 0.1) is 11.2 Å². The summed E-state index contributed by atoms with van der Waals surface area (Å²) in [6.07, 6.45) is 0. The molecule has 1 nitrogen and oxygen atoms in total. The summed E-state index contributed by atoms with van der Waals surface area (Å²) in [5, 5.41) is 1.19. The van der Waals surface area contributed by atoms with Crippen LogP contribution in [0, 0.1) is 0 Å². The first-order valence-electron chi connectivity index (χ1n) is 6.47. The van der Waals surface area contributed by atoms with E-state index in [9.17, 15) is 0 Å². The van der Waals surface area contributed by atoms with Crippen molar-refractivity contribution < 1.29 is 0 Å². The molecule has 3 rings (SSSR count). The van der Waals surface area contributed by atoms with Crippen LogP contribution in [0.5, 0.6) is 0 Å². The van der Waals surface area contributed by atoms with Crippen LogP contribution in [0.15, 0.2) is 65.6 Å². The zero-order chi connectivity index (χ0) is 13.8. The van der Waals surface area contributed by atoms with E-state index in [1.807, 2.05) is 12.1 Å². The maximum Gasteiger partial charge on any atom is 0.0705 e. The molecule has 0 radical (unpaired) electrons. The molecular weight excluding hydrogens is 286 g/mol. The molecule has 0 saturated carbocycles. The Kier molecular flexibility index (Phi) is 4.24. The van der Waals surface area contributed by atoms with Crippen LogP contribution in [0.4, 0.5) is 0 Å². The van der Waals surface area contributed by atoms with E-state index in [0.717, 1.165) is 22.5 Å². The number of benzene rings is 2. The van der Waals surface area contributed by atoms with Crippen LogP contribution in [0.3, 0.4) is 0 Å². The summed E-state index contributed by atoms with van der Waals surface area (Å²) in [5.74, 6) is 1.45. The van der Waals surface area contributed by atoms with Crippen LogP contribution in [0.1, 0.15) is 11.3 Å². The molecule has 0 aliphatic carbocycles. The van der Waals surface area contributed by atoms with Gasteiger partial charge in [-0.2, -0.15) is 0 Å². The minimum atomic E-state index is 0.567. The van der Waals surface area contributed by atoms with Crippen molar-refractivity contribution in [1.29, 1.82) is 0 Å². The van der Waals surface area contributed by atoms with Crippen molar-refractivity contribution in [3.8, 4) is 0 Å². The highest BCUT2D eigenvalue weighted by Crippen LogP contribution is 2.23. The van der Waals surface area contributed by atoms with Crippen LogP contribution in [0.2, 0.25) is 0 Å². The van der Waals surface area contributed by atoms with Crippen molar-refractivity contribution in [2.24, 2.45) is 0 Å².